The quantitative estimate of drug-likeness (QED) is 0.451. The maximum absolute atomic E-state index is 13.7. The molecule has 0 N–H and O–H groups in total. The summed E-state index contributed by atoms with van der Waals surface area (Å²) in [4.78, 5) is 12.1. The van der Waals surface area contributed by atoms with E-state index in [1.165, 1.54) is 3.97 Å². The highest BCUT2D eigenvalue weighted by molar-refractivity contribution is 7.90. The molecule has 1 aliphatic rings. The first-order valence-corrected chi connectivity index (χ1v) is 11.1. The summed E-state index contributed by atoms with van der Waals surface area (Å²) in [6.45, 7) is 1.92. The van der Waals surface area contributed by atoms with Gasteiger partial charge in [-0.3, -0.25) is 4.79 Å². The van der Waals surface area contributed by atoms with Crippen molar-refractivity contribution >= 4 is 33.3 Å². The van der Waals surface area contributed by atoms with E-state index in [4.69, 9.17) is 4.42 Å². The Labute approximate surface area is 174 Å². The van der Waals surface area contributed by atoms with Gasteiger partial charge in [-0.25, -0.2) is 12.4 Å². The number of hydrogen-bond acceptors (Lipinski definition) is 4. The van der Waals surface area contributed by atoms with Crippen molar-refractivity contribution in [3.63, 3.8) is 0 Å². The Hall–Kier alpha value is -3.38. The number of aldehydes is 1. The van der Waals surface area contributed by atoms with E-state index in [2.05, 4.69) is 0 Å². The fourth-order valence-corrected chi connectivity index (χ4v) is 5.75. The van der Waals surface area contributed by atoms with Crippen LogP contribution in [0.3, 0.4) is 0 Å². The number of nitrogens with zero attached hydrogens (tertiary/aromatic N) is 1. The highest BCUT2D eigenvalue weighted by atomic mass is 32.2. The van der Waals surface area contributed by atoms with Crippen LogP contribution in [-0.2, 0) is 21.2 Å². The molecule has 0 saturated heterocycles. The molecule has 1 atom stereocenters. The fourth-order valence-electron chi connectivity index (χ4n) is 4.18. The molecule has 0 spiro atoms. The Bertz CT molecular complexity index is 1390. The van der Waals surface area contributed by atoms with Crippen molar-refractivity contribution in [3.05, 3.63) is 95.1 Å². The van der Waals surface area contributed by atoms with Crippen molar-refractivity contribution in [3.8, 4) is 0 Å². The maximum atomic E-state index is 13.7. The molecule has 0 fully saturated rings. The highest BCUT2D eigenvalue weighted by Gasteiger charge is 2.33. The lowest BCUT2D eigenvalue weighted by atomic mass is 9.85. The molecule has 0 aliphatic heterocycles. The van der Waals surface area contributed by atoms with Crippen LogP contribution in [0, 0.1) is 6.92 Å². The number of carbonyl (C=O) groups is 1. The van der Waals surface area contributed by atoms with Gasteiger partial charge in [0.15, 0.2) is 0 Å². The Morgan fingerprint density at radius 2 is 1.80 bits per heavy atom. The fraction of sp³-hybridized carbons (Fsp3) is 0.125. The molecule has 6 heteroatoms. The molecule has 4 aromatic rings. The van der Waals surface area contributed by atoms with Crippen LogP contribution in [-0.4, -0.2) is 18.7 Å². The van der Waals surface area contributed by atoms with E-state index in [0.717, 1.165) is 22.8 Å². The average Bonchev–Trinajstić information content (AvgIpc) is 3.39. The maximum Gasteiger partial charge on any atom is 0.268 e. The molecule has 0 unspecified atom stereocenters. The van der Waals surface area contributed by atoms with Gasteiger partial charge in [0.1, 0.15) is 12.0 Å². The number of rotatable bonds is 4. The zero-order valence-electron chi connectivity index (χ0n) is 16.3. The first-order valence-electron chi connectivity index (χ1n) is 9.65. The molecule has 150 valence electrons. The van der Waals surface area contributed by atoms with E-state index < -0.39 is 10.0 Å². The van der Waals surface area contributed by atoms with Gasteiger partial charge >= 0.3 is 0 Å². The third-order valence-electron chi connectivity index (χ3n) is 5.66. The molecule has 2 aromatic heterocycles. The standard InChI is InChI=1S/C24H19NO4S/c1-16-8-10-18(11-9-16)30(27,28)25-22-6-3-2-5-19(22)21-13-17(15-26)20(14-23(21)25)24-7-4-12-29-24/h2-13,15,20H,14H2,1H3/t20-/m0/s1. The van der Waals surface area contributed by atoms with E-state index in [9.17, 15) is 13.2 Å². The predicted molar refractivity (Wildman–Crippen MR) is 115 cm³/mol. The summed E-state index contributed by atoms with van der Waals surface area (Å²) in [7, 11) is -3.83. The zero-order chi connectivity index (χ0) is 20.9. The number of fused-ring (bicyclic) bond motifs is 3. The summed E-state index contributed by atoms with van der Waals surface area (Å²) in [6.07, 6.45) is 4.54. The first kappa shape index (κ1) is 18.6. The summed E-state index contributed by atoms with van der Waals surface area (Å²) >= 11 is 0. The Morgan fingerprint density at radius 3 is 2.50 bits per heavy atom. The number of allylic oxidation sites excluding steroid dienone is 1. The number of aryl methyl sites for hydroxylation is 1. The minimum atomic E-state index is -3.83. The Morgan fingerprint density at radius 1 is 1.03 bits per heavy atom. The van der Waals surface area contributed by atoms with Gasteiger partial charge in [-0.2, -0.15) is 0 Å². The molecule has 0 radical (unpaired) electrons. The van der Waals surface area contributed by atoms with Gasteiger partial charge in [0.25, 0.3) is 10.0 Å². The second kappa shape index (κ2) is 6.85. The van der Waals surface area contributed by atoms with E-state index >= 15 is 0 Å². The third kappa shape index (κ3) is 2.75. The zero-order valence-corrected chi connectivity index (χ0v) is 17.1. The third-order valence-corrected chi connectivity index (χ3v) is 7.43. The molecule has 30 heavy (non-hydrogen) atoms. The normalized spacial score (nSPS) is 16.3. The number of furan rings is 1. The lowest BCUT2D eigenvalue weighted by Gasteiger charge is -2.22. The Balaban J connectivity index is 1.80. The average molecular weight is 417 g/mol. The van der Waals surface area contributed by atoms with Crippen LogP contribution < -0.4 is 0 Å². The van der Waals surface area contributed by atoms with Crippen LogP contribution in [0.4, 0.5) is 0 Å². The molecule has 0 saturated carbocycles. The largest absolute Gasteiger partial charge is 0.469 e. The summed E-state index contributed by atoms with van der Waals surface area (Å²) < 4.78 is 34.4. The molecule has 0 bridgehead atoms. The predicted octanol–water partition coefficient (Wildman–Crippen LogP) is 4.70. The van der Waals surface area contributed by atoms with Crippen molar-refractivity contribution in [2.24, 2.45) is 0 Å². The molecule has 5 rings (SSSR count). The van der Waals surface area contributed by atoms with Gasteiger partial charge < -0.3 is 4.42 Å². The van der Waals surface area contributed by atoms with Crippen molar-refractivity contribution in [1.82, 2.24) is 3.97 Å². The van der Waals surface area contributed by atoms with Crippen LogP contribution in [0.1, 0.15) is 28.5 Å². The SMILES string of the molecule is Cc1ccc(S(=O)(=O)n2c3c(c4ccccc42)C=C(C=O)[C@@H](c2ccco2)C3)cc1. The molecular weight excluding hydrogens is 398 g/mol. The van der Waals surface area contributed by atoms with Gasteiger partial charge in [-0.05, 0) is 43.3 Å². The minimum absolute atomic E-state index is 0.233. The summed E-state index contributed by atoms with van der Waals surface area (Å²) in [5.41, 5.74) is 3.59. The van der Waals surface area contributed by atoms with Crippen molar-refractivity contribution in [2.75, 3.05) is 0 Å². The molecule has 1 aliphatic carbocycles. The van der Waals surface area contributed by atoms with Crippen molar-refractivity contribution in [2.45, 2.75) is 24.2 Å². The number of hydrogen-bond donors (Lipinski definition) is 0. The second-order valence-corrected chi connectivity index (χ2v) is 9.28. The molecule has 2 aromatic carbocycles. The van der Waals surface area contributed by atoms with Crippen LogP contribution in [0.5, 0.6) is 0 Å². The van der Waals surface area contributed by atoms with Gasteiger partial charge in [0.05, 0.1) is 22.6 Å². The Kier molecular flexibility index (Phi) is 4.25. The van der Waals surface area contributed by atoms with E-state index in [1.807, 2.05) is 31.2 Å². The minimum Gasteiger partial charge on any atom is -0.469 e. The smallest absolute Gasteiger partial charge is 0.268 e. The van der Waals surface area contributed by atoms with E-state index in [-0.39, 0.29) is 10.8 Å². The van der Waals surface area contributed by atoms with E-state index in [0.29, 0.717) is 29.0 Å². The summed E-state index contributed by atoms with van der Waals surface area (Å²) in [5, 5.41) is 0.806. The van der Waals surface area contributed by atoms with Gasteiger partial charge in [-0.1, -0.05) is 35.9 Å². The number of para-hydroxylation sites is 1. The number of aromatic nitrogens is 1. The highest BCUT2D eigenvalue weighted by Crippen LogP contribution is 2.41. The lowest BCUT2D eigenvalue weighted by Crippen LogP contribution is -2.20. The van der Waals surface area contributed by atoms with Crippen LogP contribution >= 0.6 is 0 Å². The lowest BCUT2D eigenvalue weighted by molar-refractivity contribution is -0.105. The number of benzene rings is 2. The van der Waals surface area contributed by atoms with Gasteiger partial charge in [-0.15, -0.1) is 0 Å². The molecule has 2 heterocycles. The van der Waals surface area contributed by atoms with Crippen molar-refractivity contribution < 1.29 is 17.6 Å². The van der Waals surface area contributed by atoms with Crippen LogP contribution in [0.2, 0.25) is 0 Å². The summed E-state index contributed by atoms with van der Waals surface area (Å²) in [5.74, 6) is 0.310. The summed E-state index contributed by atoms with van der Waals surface area (Å²) in [6, 6.07) is 17.8. The van der Waals surface area contributed by atoms with Crippen LogP contribution in [0.25, 0.3) is 17.0 Å². The first-order chi connectivity index (χ1) is 14.5. The molecule has 0 amide bonds. The topological polar surface area (TPSA) is 69.3 Å². The molecule has 5 nitrogen and oxygen atoms in total. The van der Waals surface area contributed by atoms with Crippen molar-refractivity contribution in [1.29, 1.82) is 0 Å². The van der Waals surface area contributed by atoms with Crippen LogP contribution in [0.15, 0.2) is 81.8 Å². The second-order valence-electron chi connectivity index (χ2n) is 7.49. The monoisotopic (exact) mass is 417 g/mol. The molecular formula is C24H19NO4S. The number of carbonyl (C=O) groups excluding carboxylic acids is 1. The van der Waals surface area contributed by atoms with Gasteiger partial charge in [0.2, 0.25) is 0 Å². The van der Waals surface area contributed by atoms with Gasteiger partial charge in [0, 0.05) is 28.6 Å². The van der Waals surface area contributed by atoms with E-state index in [1.54, 1.807) is 48.7 Å².